The van der Waals surface area contributed by atoms with E-state index in [0.717, 1.165) is 11.4 Å². The smallest absolute Gasteiger partial charge is 0.316 e. The standard InChI is InChI=1S/C23H29N7O4/c1-16-13-29(19-5-4-18(12-26-19)21-24-7-3-8-25-21)10-11-30(16)20(31)14-28-9-6-23(15-28,22(32)33)17(2)27-34/h3-5,7-8,12,16,34H,6,9-11,13-15H2,1-2H3,(H,32,33)/b27-17+. The second-order valence-corrected chi connectivity index (χ2v) is 8.89. The number of pyridine rings is 1. The first-order valence-corrected chi connectivity index (χ1v) is 11.3. The number of hydrogen-bond acceptors (Lipinski definition) is 9. The minimum atomic E-state index is -1.25. The number of anilines is 1. The van der Waals surface area contributed by atoms with Crippen LogP contribution in [0.4, 0.5) is 5.82 Å². The van der Waals surface area contributed by atoms with E-state index in [1.165, 1.54) is 6.92 Å². The van der Waals surface area contributed by atoms with Gasteiger partial charge in [0.05, 0.1) is 12.3 Å². The summed E-state index contributed by atoms with van der Waals surface area (Å²) in [6.07, 6.45) is 5.45. The van der Waals surface area contributed by atoms with Gasteiger partial charge in [0.2, 0.25) is 5.91 Å². The average Bonchev–Trinajstić information content (AvgIpc) is 3.29. The monoisotopic (exact) mass is 467 g/mol. The Morgan fingerprint density at radius 1 is 1.18 bits per heavy atom. The maximum atomic E-state index is 13.0. The zero-order valence-corrected chi connectivity index (χ0v) is 19.3. The highest BCUT2D eigenvalue weighted by atomic mass is 16.4. The second kappa shape index (κ2) is 9.72. The summed E-state index contributed by atoms with van der Waals surface area (Å²) in [4.78, 5) is 43.8. The number of rotatable bonds is 6. The van der Waals surface area contributed by atoms with Crippen LogP contribution in [-0.2, 0) is 9.59 Å². The topological polar surface area (TPSA) is 135 Å². The first-order chi connectivity index (χ1) is 16.3. The minimum Gasteiger partial charge on any atom is -0.481 e. The molecule has 4 rings (SSSR count). The van der Waals surface area contributed by atoms with Crippen LogP contribution in [-0.4, -0.2) is 98.0 Å². The zero-order chi connectivity index (χ0) is 24.3. The Bertz CT molecular complexity index is 1060. The number of carboxylic acids is 1. The van der Waals surface area contributed by atoms with Gasteiger partial charge in [0.15, 0.2) is 5.82 Å². The van der Waals surface area contributed by atoms with Crippen molar-refractivity contribution in [2.24, 2.45) is 10.6 Å². The first-order valence-electron chi connectivity index (χ1n) is 11.3. The number of aliphatic carboxylic acids is 1. The molecule has 0 aliphatic carbocycles. The Balaban J connectivity index is 1.35. The molecule has 11 nitrogen and oxygen atoms in total. The summed E-state index contributed by atoms with van der Waals surface area (Å²) in [6, 6.07) is 5.63. The number of hydrogen-bond donors (Lipinski definition) is 2. The lowest BCUT2D eigenvalue weighted by Gasteiger charge is -2.41. The van der Waals surface area contributed by atoms with E-state index < -0.39 is 11.4 Å². The largest absolute Gasteiger partial charge is 0.481 e. The summed E-state index contributed by atoms with van der Waals surface area (Å²) in [7, 11) is 0. The third kappa shape index (κ3) is 4.56. The van der Waals surface area contributed by atoms with Crippen molar-refractivity contribution in [3.05, 3.63) is 36.8 Å². The molecule has 2 saturated heterocycles. The molecule has 180 valence electrons. The molecule has 0 spiro atoms. The number of carbonyl (C=O) groups excluding carboxylic acids is 1. The molecular formula is C23H29N7O4. The molecule has 2 aromatic rings. The van der Waals surface area contributed by atoms with E-state index in [2.05, 4.69) is 25.0 Å². The molecule has 0 bridgehead atoms. The maximum absolute atomic E-state index is 13.0. The van der Waals surface area contributed by atoms with Crippen LogP contribution in [0.3, 0.4) is 0 Å². The van der Waals surface area contributed by atoms with Gasteiger partial charge >= 0.3 is 5.97 Å². The third-order valence-corrected chi connectivity index (χ3v) is 6.80. The van der Waals surface area contributed by atoms with Gasteiger partial charge in [-0.25, -0.2) is 15.0 Å². The van der Waals surface area contributed by atoms with Gasteiger partial charge in [-0.05, 0) is 38.5 Å². The fourth-order valence-electron chi connectivity index (χ4n) is 4.72. The summed E-state index contributed by atoms with van der Waals surface area (Å²) in [5.41, 5.74) is -0.243. The molecule has 4 heterocycles. The van der Waals surface area contributed by atoms with Crippen LogP contribution in [0.2, 0.25) is 0 Å². The predicted octanol–water partition coefficient (Wildman–Crippen LogP) is 1.20. The Hall–Kier alpha value is -3.60. The first kappa shape index (κ1) is 23.6. The molecule has 11 heteroatoms. The van der Waals surface area contributed by atoms with E-state index in [1.54, 1.807) is 24.7 Å². The third-order valence-electron chi connectivity index (χ3n) is 6.80. The van der Waals surface area contributed by atoms with Crippen LogP contribution in [0.5, 0.6) is 0 Å². The van der Waals surface area contributed by atoms with Crippen LogP contribution in [0.25, 0.3) is 11.4 Å². The Morgan fingerprint density at radius 3 is 2.56 bits per heavy atom. The summed E-state index contributed by atoms with van der Waals surface area (Å²) >= 11 is 0. The van der Waals surface area contributed by atoms with Gasteiger partial charge < -0.3 is 20.1 Å². The van der Waals surface area contributed by atoms with Gasteiger partial charge in [0.1, 0.15) is 11.2 Å². The summed E-state index contributed by atoms with van der Waals surface area (Å²) in [5.74, 6) is 0.399. The highest BCUT2D eigenvalue weighted by molar-refractivity contribution is 6.05. The molecule has 2 aliphatic rings. The van der Waals surface area contributed by atoms with Crippen molar-refractivity contribution in [3.63, 3.8) is 0 Å². The predicted molar refractivity (Wildman–Crippen MR) is 125 cm³/mol. The molecule has 34 heavy (non-hydrogen) atoms. The van der Waals surface area contributed by atoms with Crippen LogP contribution < -0.4 is 4.90 Å². The van der Waals surface area contributed by atoms with Crippen LogP contribution in [0.1, 0.15) is 20.3 Å². The molecular weight excluding hydrogens is 438 g/mol. The highest BCUT2D eigenvalue weighted by Gasteiger charge is 2.48. The molecule has 1 amide bonds. The lowest BCUT2D eigenvalue weighted by Crippen LogP contribution is -2.56. The van der Waals surface area contributed by atoms with E-state index in [0.29, 0.717) is 38.4 Å². The van der Waals surface area contributed by atoms with Gasteiger partial charge in [0.25, 0.3) is 0 Å². The van der Waals surface area contributed by atoms with E-state index in [4.69, 9.17) is 5.21 Å². The van der Waals surface area contributed by atoms with Crippen molar-refractivity contribution in [1.29, 1.82) is 0 Å². The maximum Gasteiger partial charge on any atom is 0.316 e. The van der Waals surface area contributed by atoms with Crippen molar-refractivity contribution in [2.75, 3.05) is 44.2 Å². The summed E-state index contributed by atoms with van der Waals surface area (Å²) in [6.45, 7) is 6.12. The summed E-state index contributed by atoms with van der Waals surface area (Å²) in [5, 5.41) is 22.0. The number of amides is 1. The Kier molecular flexibility index (Phi) is 6.73. The number of aromatic nitrogens is 3. The van der Waals surface area contributed by atoms with Gasteiger partial charge in [0, 0.05) is 62.9 Å². The van der Waals surface area contributed by atoms with E-state index >= 15 is 0 Å². The second-order valence-electron chi connectivity index (χ2n) is 8.89. The van der Waals surface area contributed by atoms with Gasteiger partial charge in [-0.15, -0.1) is 0 Å². The number of likely N-dealkylation sites (tertiary alicyclic amines) is 1. The average molecular weight is 468 g/mol. The highest BCUT2D eigenvalue weighted by Crippen LogP contribution is 2.33. The van der Waals surface area contributed by atoms with Gasteiger partial charge in [-0.1, -0.05) is 5.16 Å². The number of oxime groups is 1. The lowest BCUT2D eigenvalue weighted by molar-refractivity contribution is -0.144. The van der Waals surface area contributed by atoms with Gasteiger partial charge in [-0.2, -0.15) is 0 Å². The zero-order valence-electron chi connectivity index (χ0n) is 19.3. The lowest BCUT2D eigenvalue weighted by atomic mass is 9.83. The number of piperazine rings is 1. The Morgan fingerprint density at radius 2 is 1.94 bits per heavy atom. The molecule has 0 radical (unpaired) electrons. The van der Waals surface area contributed by atoms with Crippen LogP contribution in [0.15, 0.2) is 41.9 Å². The normalized spacial score (nSPS) is 23.8. The van der Waals surface area contributed by atoms with Crippen molar-refractivity contribution in [2.45, 2.75) is 26.3 Å². The fraction of sp³-hybridized carbons (Fsp3) is 0.478. The molecule has 2 aliphatic heterocycles. The van der Waals surface area contributed by atoms with Gasteiger partial charge in [-0.3, -0.25) is 14.5 Å². The van der Waals surface area contributed by atoms with Crippen molar-refractivity contribution in [1.82, 2.24) is 24.8 Å². The molecule has 2 N–H and O–H groups in total. The van der Waals surface area contributed by atoms with Crippen molar-refractivity contribution in [3.8, 4) is 11.4 Å². The molecule has 2 fully saturated rings. The molecule has 2 unspecified atom stereocenters. The molecule has 2 atom stereocenters. The van der Waals surface area contributed by atoms with Crippen molar-refractivity contribution < 1.29 is 19.9 Å². The molecule has 0 aromatic carbocycles. The number of nitrogens with zero attached hydrogens (tertiary/aromatic N) is 7. The van der Waals surface area contributed by atoms with Crippen LogP contribution >= 0.6 is 0 Å². The van der Waals surface area contributed by atoms with E-state index in [9.17, 15) is 14.7 Å². The Labute approximate surface area is 197 Å². The van der Waals surface area contributed by atoms with E-state index in [-0.39, 0.29) is 30.8 Å². The van der Waals surface area contributed by atoms with E-state index in [1.807, 2.05) is 28.9 Å². The van der Waals surface area contributed by atoms with Crippen molar-refractivity contribution >= 4 is 23.4 Å². The fourth-order valence-corrected chi connectivity index (χ4v) is 4.72. The summed E-state index contributed by atoms with van der Waals surface area (Å²) < 4.78 is 0. The number of carbonyl (C=O) groups is 2. The molecule has 0 saturated carbocycles. The molecule has 2 aromatic heterocycles. The quantitative estimate of drug-likeness (QED) is 0.365. The number of carboxylic acid groups (broad SMARTS) is 1. The van der Waals surface area contributed by atoms with Crippen LogP contribution in [0, 0.1) is 5.41 Å². The SMILES string of the molecule is C/C(=N\O)C1(C(=O)O)CCN(CC(=O)N2CCN(c3ccc(-c4ncccn4)cn3)CC2C)C1. The minimum absolute atomic E-state index is 0.0206.